The molecule has 0 radical (unpaired) electrons. The molecule has 3 rings (SSSR count). The number of sulfonamides is 1. The Balaban J connectivity index is 1.69. The molecule has 150 valence electrons. The maximum atomic E-state index is 12.8. The zero-order chi connectivity index (χ0) is 20.1. The van der Waals surface area contributed by atoms with Crippen molar-refractivity contribution in [3.05, 3.63) is 53.1 Å². The predicted octanol–water partition coefficient (Wildman–Crippen LogP) is 4.35. The molecular formula is C20H23ClN2O4S. The van der Waals surface area contributed by atoms with E-state index in [-0.39, 0.29) is 16.9 Å². The lowest BCUT2D eigenvalue weighted by atomic mass is 10.1. The van der Waals surface area contributed by atoms with Crippen LogP contribution in [0.5, 0.6) is 0 Å². The molecule has 1 atom stereocenters. The number of carbonyl (C=O) groups excluding carboxylic acids is 1. The van der Waals surface area contributed by atoms with Gasteiger partial charge in [0.05, 0.1) is 11.0 Å². The highest BCUT2D eigenvalue weighted by Gasteiger charge is 2.19. The fourth-order valence-corrected chi connectivity index (χ4v) is 4.54. The van der Waals surface area contributed by atoms with E-state index in [0.29, 0.717) is 34.8 Å². The van der Waals surface area contributed by atoms with Gasteiger partial charge in [-0.15, -0.1) is 0 Å². The van der Waals surface area contributed by atoms with Crippen molar-refractivity contribution in [3.63, 3.8) is 0 Å². The molecule has 6 nitrogen and oxygen atoms in total. The molecule has 1 aliphatic heterocycles. The summed E-state index contributed by atoms with van der Waals surface area (Å²) in [6, 6.07) is 11.2. The van der Waals surface area contributed by atoms with Gasteiger partial charge < -0.3 is 10.1 Å². The molecule has 0 saturated carbocycles. The normalized spacial score (nSPS) is 16.7. The smallest absolute Gasteiger partial charge is 0.262 e. The third-order valence-corrected chi connectivity index (χ3v) is 6.35. The van der Waals surface area contributed by atoms with Crippen LogP contribution in [0.15, 0.2) is 47.4 Å². The Labute approximate surface area is 170 Å². The first-order valence-corrected chi connectivity index (χ1v) is 11.0. The molecule has 0 bridgehead atoms. The van der Waals surface area contributed by atoms with Crippen LogP contribution in [-0.4, -0.2) is 27.0 Å². The Morgan fingerprint density at radius 1 is 1.18 bits per heavy atom. The van der Waals surface area contributed by atoms with Crippen molar-refractivity contribution in [1.29, 1.82) is 0 Å². The minimum Gasteiger partial charge on any atom is -0.378 e. The monoisotopic (exact) mass is 422 g/mol. The summed E-state index contributed by atoms with van der Waals surface area (Å²) in [6.07, 6.45) is 3.16. The molecule has 2 N–H and O–H groups in total. The number of halogens is 1. The van der Waals surface area contributed by atoms with E-state index >= 15 is 0 Å². The number of carbonyl (C=O) groups is 1. The molecule has 28 heavy (non-hydrogen) atoms. The molecule has 0 aliphatic carbocycles. The highest BCUT2D eigenvalue weighted by atomic mass is 35.5. The molecule has 0 aromatic heterocycles. The molecule has 2 aromatic carbocycles. The number of amides is 1. The highest BCUT2D eigenvalue weighted by Crippen LogP contribution is 2.24. The predicted molar refractivity (Wildman–Crippen MR) is 110 cm³/mol. The average Bonchev–Trinajstić information content (AvgIpc) is 3.17. The second-order valence-electron chi connectivity index (χ2n) is 6.81. The van der Waals surface area contributed by atoms with Crippen LogP contribution in [0.4, 0.5) is 11.4 Å². The molecule has 8 heteroatoms. The second kappa shape index (κ2) is 8.94. The van der Waals surface area contributed by atoms with Gasteiger partial charge >= 0.3 is 0 Å². The fraction of sp³-hybridized carbons (Fsp3) is 0.350. The minimum atomic E-state index is -3.80. The molecule has 1 heterocycles. The van der Waals surface area contributed by atoms with Crippen molar-refractivity contribution in [3.8, 4) is 0 Å². The summed E-state index contributed by atoms with van der Waals surface area (Å²) in [4.78, 5) is 12.3. The van der Waals surface area contributed by atoms with E-state index in [1.807, 2.05) is 0 Å². The van der Waals surface area contributed by atoms with E-state index in [0.717, 1.165) is 19.4 Å². The summed E-state index contributed by atoms with van der Waals surface area (Å²) in [5, 5.41) is 3.29. The number of ether oxygens (including phenoxy) is 1. The summed E-state index contributed by atoms with van der Waals surface area (Å²) in [5.74, 6) is -0.159. The van der Waals surface area contributed by atoms with Crippen molar-refractivity contribution in [2.75, 3.05) is 16.6 Å². The Morgan fingerprint density at radius 2 is 1.89 bits per heavy atom. The van der Waals surface area contributed by atoms with Crippen LogP contribution in [0.1, 0.15) is 31.2 Å². The third-order valence-electron chi connectivity index (χ3n) is 4.58. The maximum Gasteiger partial charge on any atom is 0.262 e. The van der Waals surface area contributed by atoms with E-state index < -0.39 is 10.0 Å². The Bertz CT molecular complexity index is 939. The van der Waals surface area contributed by atoms with Crippen molar-refractivity contribution in [2.24, 2.45) is 0 Å². The Morgan fingerprint density at radius 3 is 2.57 bits per heavy atom. The molecule has 1 fully saturated rings. The van der Waals surface area contributed by atoms with Crippen molar-refractivity contribution in [1.82, 2.24) is 0 Å². The standard InChI is InChI=1S/C20H23ClN2O4S/c1-14-4-7-17(22-20(24)11-10-18-3-2-12-27-18)13-19(14)28(25,26)23-16-8-5-15(21)6-9-16/h4-9,13,18,23H,2-3,10-12H2,1H3,(H,22,24). The Hall–Kier alpha value is -2.09. The van der Waals surface area contributed by atoms with E-state index in [9.17, 15) is 13.2 Å². The van der Waals surface area contributed by atoms with Crippen LogP contribution in [0, 0.1) is 6.92 Å². The summed E-state index contributed by atoms with van der Waals surface area (Å²) in [7, 11) is -3.80. The first-order chi connectivity index (χ1) is 13.3. The summed E-state index contributed by atoms with van der Waals surface area (Å²) < 4.78 is 33.6. The third kappa shape index (κ3) is 5.47. The van der Waals surface area contributed by atoms with E-state index in [4.69, 9.17) is 16.3 Å². The molecular weight excluding hydrogens is 400 g/mol. The van der Waals surface area contributed by atoms with Crippen LogP contribution in [0.25, 0.3) is 0 Å². The minimum absolute atomic E-state index is 0.111. The number of benzene rings is 2. The van der Waals surface area contributed by atoms with Crippen LogP contribution in [-0.2, 0) is 19.6 Å². The quantitative estimate of drug-likeness (QED) is 0.694. The fourth-order valence-electron chi connectivity index (χ4n) is 3.08. The van der Waals surface area contributed by atoms with Gasteiger partial charge in [0.25, 0.3) is 10.0 Å². The molecule has 1 unspecified atom stereocenters. The lowest BCUT2D eigenvalue weighted by Crippen LogP contribution is -2.17. The van der Waals surface area contributed by atoms with Gasteiger partial charge in [-0.25, -0.2) is 8.42 Å². The van der Waals surface area contributed by atoms with Gasteiger partial charge in [0, 0.05) is 29.4 Å². The second-order valence-corrected chi connectivity index (χ2v) is 8.90. The van der Waals surface area contributed by atoms with Crippen molar-refractivity contribution < 1.29 is 17.9 Å². The topological polar surface area (TPSA) is 84.5 Å². The van der Waals surface area contributed by atoms with Gasteiger partial charge in [0.2, 0.25) is 5.91 Å². The number of rotatable bonds is 7. The number of anilines is 2. The van der Waals surface area contributed by atoms with Gasteiger partial charge in [-0.2, -0.15) is 0 Å². The van der Waals surface area contributed by atoms with Gasteiger partial charge in [-0.05, 0) is 68.1 Å². The van der Waals surface area contributed by atoms with Crippen molar-refractivity contribution in [2.45, 2.75) is 43.6 Å². The summed E-state index contributed by atoms with van der Waals surface area (Å²) in [5.41, 5.74) is 1.44. The summed E-state index contributed by atoms with van der Waals surface area (Å²) in [6.45, 7) is 2.46. The van der Waals surface area contributed by atoms with E-state index in [1.165, 1.54) is 6.07 Å². The zero-order valence-corrected chi connectivity index (χ0v) is 17.1. The van der Waals surface area contributed by atoms with Gasteiger partial charge in [-0.3, -0.25) is 9.52 Å². The van der Waals surface area contributed by atoms with Gasteiger partial charge in [0.1, 0.15) is 0 Å². The first-order valence-electron chi connectivity index (χ1n) is 9.14. The number of aryl methyl sites for hydroxylation is 1. The highest BCUT2D eigenvalue weighted by molar-refractivity contribution is 7.92. The van der Waals surface area contributed by atoms with Gasteiger partial charge in [-0.1, -0.05) is 17.7 Å². The van der Waals surface area contributed by atoms with E-state index in [1.54, 1.807) is 43.3 Å². The average molecular weight is 423 g/mol. The lowest BCUT2D eigenvalue weighted by molar-refractivity contribution is -0.116. The molecule has 2 aromatic rings. The maximum absolute atomic E-state index is 12.8. The SMILES string of the molecule is Cc1ccc(NC(=O)CCC2CCCO2)cc1S(=O)(=O)Nc1ccc(Cl)cc1. The van der Waals surface area contributed by atoms with Gasteiger partial charge in [0.15, 0.2) is 0 Å². The van der Waals surface area contributed by atoms with Crippen LogP contribution < -0.4 is 10.0 Å². The molecule has 1 amide bonds. The number of hydrogen-bond donors (Lipinski definition) is 2. The first kappa shape index (κ1) is 20.6. The number of hydrogen-bond acceptors (Lipinski definition) is 4. The van der Waals surface area contributed by atoms with Crippen LogP contribution >= 0.6 is 11.6 Å². The molecule has 0 spiro atoms. The lowest BCUT2D eigenvalue weighted by Gasteiger charge is -2.13. The molecule has 1 saturated heterocycles. The molecule has 1 aliphatic rings. The van der Waals surface area contributed by atoms with Crippen molar-refractivity contribution >= 4 is 38.9 Å². The zero-order valence-electron chi connectivity index (χ0n) is 15.6. The Kier molecular flexibility index (Phi) is 6.59. The summed E-state index contributed by atoms with van der Waals surface area (Å²) >= 11 is 5.84. The van der Waals surface area contributed by atoms with Crippen LogP contribution in [0.2, 0.25) is 5.02 Å². The van der Waals surface area contributed by atoms with Crippen LogP contribution in [0.3, 0.4) is 0 Å². The number of nitrogens with one attached hydrogen (secondary N) is 2. The van der Waals surface area contributed by atoms with E-state index in [2.05, 4.69) is 10.0 Å². The largest absolute Gasteiger partial charge is 0.378 e.